The molecule has 140 valence electrons. The Morgan fingerprint density at radius 2 is 1.77 bits per heavy atom. The monoisotopic (exact) mass is 409 g/mol. The second kappa shape index (κ2) is 10.1. The van der Waals surface area contributed by atoms with E-state index in [1.165, 1.54) is 23.1 Å². The van der Waals surface area contributed by atoms with E-state index in [4.69, 9.17) is 0 Å². The Morgan fingerprint density at radius 1 is 1.12 bits per heavy atom. The van der Waals surface area contributed by atoms with E-state index in [-0.39, 0.29) is 22.9 Å². The van der Waals surface area contributed by atoms with E-state index >= 15 is 0 Å². The van der Waals surface area contributed by atoms with Gasteiger partial charge in [-0.25, -0.2) is 0 Å². The van der Waals surface area contributed by atoms with Crippen molar-refractivity contribution in [2.24, 2.45) is 5.92 Å². The van der Waals surface area contributed by atoms with Crippen molar-refractivity contribution >= 4 is 52.2 Å². The highest BCUT2D eigenvalue weighted by atomic mass is 32.2. The van der Waals surface area contributed by atoms with E-state index in [1.54, 1.807) is 36.0 Å². The van der Waals surface area contributed by atoms with Gasteiger partial charge in [-0.15, -0.1) is 10.2 Å². The molecule has 0 saturated carbocycles. The fraction of sp³-hybridized carbons (Fsp3) is 0.444. The summed E-state index contributed by atoms with van der Waals surface area (Å²) in [7, 11) is 0. The highest BCUT2D eigenvalue weighted by Crippen LogP contribution is 2.32. The van der Waals surface area contributed by atoms with Crippen LogP contribution in [0.1, 0.15) is 44.5 Å². The van der Waals surface area contributed by atoms with Gasteiger partial charge in [0.1, 0.15) is 0 Å². The predicted octanol–water partition coefficient (Wildman–Crippen LogP) is 5.00. The molecule has 1 amide bonds. The van der Waals surface area contributed by atoms with Gasteiger partial charge in [-0.3, -0.25) is 9.59 Å². The zero-order valence-electron chi connectivity index (χ0n) is 15.3. The quantitative estimate of drug-likeness (QED) is 0.464. The first-order valence-corrected chi connectivity index (χ1v) is 11.2. The molecule has 2 aromatic rings. The number of hydrogen-bond acceptors (Lipinski definition) is 7. The Kier molecular flexibility index (Phi) is 8.12. The summed E-state index contributed by atoms with van der Waals surface area (Å²) in [6, 6.07) is 7.01. The number of carbonyl (C=O) groups is 2. The minimum absolute atomic E-state index is 0.0368. The summed E-state index contributed by atoms with van der Waals surface area (Å²) < 4.78 is 1.75. The third-order valence-electron chi connectivity index (χ3n) is 3.43. The molecule has 0 radical (unpaired) electrons. The molecule has 5 nitrogen and oxygen atoms in total. The van der Waals surface area contributed by atoms with Crippen LogP contribution < -0.4 is 5.32 Å². The van der Waals surface area contributed by atoms with Gasteiger partial charge in [0.15, 0.2) is 14.5 Å². The van der Waals surface area contributed by atoms with Crippen LogP contribution in [0.2, 0.25) is 0 Å². The average molecular weight is 410 g/mol. The molecule has 0 bridgehead atoms. The lowest BCUT2D eigenvalue weighted by molar-refractivity contribution is -0.118. The van der Waals surface area contributed by atoms with Crippen molar-refractivity contribution in [3.63, 3.8) is 0 Å². The van der Waals surface area contributed by atoms with E-state index in [0.29, 0.717) is 11.3 Å². The van der Waals surface area contributed by atoms with Crippen LogP contribution in [0.25, 0.3) is 0 Å². The fourth-order valence-electron chi connectivity index (χ4n) is 1.94. The van der Waals surface area contributed by atoms with Gasteiger partial charge in [-0.2, -0.15) is 0 Å². The SMILES string of the molecule is CCCSc1nnc(S[C@H](C)C(=O)c2ccc(NC(=O)C(C)C)cc2)s1. The van der Waals surface area contributed by atoms with Gasteiger partial charge in [0, 0.05) is 22.9 Å². The number of nitrogens with one attached hydrogen (secondary N) is 1. The highest BCUT2D eigenvalue weighted by molar-refractivity contribution is 8.03. The molecule has 26 heavy (non-hydrogen) atoms. The topological polar surface area (TPSA) is 72.0 Å². The van der Waals surface area contributed by atoms with Crippen LogP contribution >= 0.6 is 34.9 Å². The number of hydrogen-bond donors (Lipinski definition) is 1. The maximum atomic E-state index is 12.6. The molecule has 0 unspecified atom stereocenters. The molecule has 1 aromatic carbocycles. The Balaban J connectivity index is 1.95. The third-order valence-corrected chi connectivity index (χ3v) is 6.87. The molecule has 1 atom stereocenters. The molecule has 1 N–H and O–H groups in total. The molecule has 2 rings (SSSR count). The van der Waals surface area contributed by atoms with Crippen molar-refractivity contribution in [2.75, 3.05) is 11.1 Å². The van der Waals surface area contributed by atoms with Crippen LogP contribution in [0, 0.1) is 5.92 Å². The predicted molar refractivity (Wildman–Crippen MR) is 110 cm³/mol. The molecule has 1 aromatic heterocycles. The first-order chi connectivity index (χ1) is 12.4. The minimum atomic E-state index is -0.247. The lowest BCUT2D eigenvalue weighted by Crippen LogP contribution is -2.18. The Labute approximate surface area is 166 Å². The number of nitrogens with zero attached hydrogens (tertiary/aromatic N) is 2. The van der Waals surface area contributed by atoms with Crippen LogP contribution in [0.4, 0.5) is 5.69 Å². The summed E-state index contributed by atoms with van der Waals surface area (Å²) in [4.78, 5) is 24.3. The maximum absolute atomic E-state index is 12.6. The molecule has 1 heterocycles. The lowest BCUT2D eigenvalue weighted by atomic mass is 10.1. The Bertz CT molecular complexity index is 744. The normalized spacial score (nSPS) is 12.2. The van der Waals surface area contributed by atoms with Gasteiger partial charge in [-0.05, 0) is 37.6 Å². The Morgan fingerprint density at radius 3 is 2.38 bits per heavy atom. The van der Waals surface area contributed by atoms with Crippen LogP contribution in [-0.2, 0) is 4.79 Å². The van der Waals surface area contributed by atoms with Crippen molar-refractivity contribution in [3.8, 4) is 0 Å². The maximum Gasteiger partial charge on any atom is 0.226 e. The van der Waals surface area contributed by atoms with Crippen molar-refractivity contribution in [1.82, 2.24) is 10.2 Å². The summed E-state index contributed by atoms with van der Waals surface area (Å²) in [5, 5.41) is 10.9. The smallest absolute Gasteiger partial charge is 0.226 e. The van der Waals surface area contributed by atoms with Crippen LogP contribution in [0.3, 0.4) is 0 Å². The Hall–Kier alpha value is -1.38. The molecule has 0 spiro atoms. The van der Waals surface area contributed by atoms with E-state index < -0.39 is 0 Å². The number of Topliss-reactive ketones (excluding diaryl/α,β-unsaturated/α-hetero) is 1. The van der Waals surface area contributed by atoms with E-state index in [9.17, 15) is 9.59 Å². The van der Waals surface area contributed by atoms with Gasteiger partial charge >= 0.3 is 0 Å². The number of rotatable bonds is 9. The molecule has 0 aliphatic rings. The summed E-state index contributed by atoms with van der Waals surface area (Å²) in [5.74, 6) is 0.934. The molecule has 8 heteroatoms. The molecular weight excluding hydrogens is 386 g/mol. The zero-order chi connectivity index (χ0) is 19.1. The van der Waals surface area contributed by atoms with E-state index in [1.807, 2.05) is 20.8 Å². The van der Waals surface area contributed by atoms with Gasteiger partial charge in [0.25, 0.3) is 0 Å². The second-order valence-corrected chi connectivity index (χ2v) is 9.94. The van der Waals surface area contributed by atoms with Gasteiger partial charge in [0.2, 0.25) is 5.91 Å². The van der Waals surface area contributed by atoms with Crippen LogP contribution in [0.5, 0.6) is 0 Å². The number of thioether (sulfide) groups is 2. The second-order valence-electron chi connectivity index (χ2n) is 6.03. The molecule has 0 fully saturated rings. The summed E-state index contributed by atoms with van der Waals surface area (Å²) in [6.07, 6.45) is 1.09. The molecule has 0 aliphatic heterocycles. The van der Waals surface area contributed by atoms with Crippen molar-refractivity contribution in [3.05, 3.63) is 29.8 Å². The number of amides is 1. The van der Waals surface area contributed by atoms with Crippen molar-refractivity contribution < 1.29 is 9.59 Å². The number of anilines is 1. The number of carbonyl (C=O) groups excluding carboxylic acids is 2. The number of ketones is 1. The summed E-state index contributed by atoms with van der Waals surface area (Å²) >= 11 is 4.66. The number of aromatic nitrogens is 2. The largest absolute Gasteiger partial charge is 0.326 e. The standard InChI is InChI=1S/C18H23N3O2S3/c1-5-10-24-17-20-21-18(26-17)25-12(4)15(22)13-6-8-14(9-7-13)19-16(23)11(2)3/h6-9,11-12H,5,10H2,1-4H3,(H,19,23)/t12-/m1/s1. The van der Waals surface area contributed by atoms with Gasteiger partial charge < -0.3 is 5.32 Å². The van der Waals surface area contributed by atoms with E-state index in [0.717, 1.165) is 20.9 Å². The van der Waals surface area contributed by atoms with Gasteiger partial charge in [0.05, 0.1) is 5.25 Å². The zero-order valence-corrected chi connectivity index (χ0v) is 17.8. The fourth-order valence-corrected chi connectivity index (χ4v) is 5.10. The average Bonchev–Trinajstić information content (AvgIpc) is 3.07. The molecular formula is C18H23N3O2S3. The number of benzene rings is 1. The summed E-state index contributed by atoms with van der Waals surface area (Å²) in [6.45, 7) is 7.68. The van der Waals surface area contributed by atoms with Crippen molar-refractivity contribution in [1.29, 1.82) is 0 Å². The first-order valence-electron chi connectivity index (χ1n) is 8.48. The van der Waals surface area contributed by atoms with Crippen LogP contribution in [0.15, 0.2) is 32.9 Å². The van der Waals surface area contributed by atoms with Gasteiger partial charge in [-0.1, -0.05) is 55.6 Å². The highest BCUT2D eigenvalue weighted by Gasteiger charge is 2.19. The van der Waals surface area contributed by atoms with Crippen LogP contribution in [-0.4, -0.2) is 32.9 Å². The minimum Gasteiger partial charge on any atom is -0.326 e. The molecule has 0 aliphatic carbocycles. The van der Waals surface area contributed by atoms with E-state index in [2.05, 4.69) is 22.4 Å². The summed E-state index contributed by atoms with van der Waals surface area (Å²) in [5.41, 5.74) is 1.32. The first kappa shape index (κ1) is 20.9. The lowest BCUT2D eigenvalue weighted by Gasteiger charge is -2.10. The third kappa shape index (κ3) is 6.10. The molecule has 0 saturated heterocycles. The van der Waals surface area contributed by atoms with Crippen molar-refractivity contribution in [2.45, 2.75) is 48.0 Å².